The summed E-state index contributed by atoms with van der Waals surface area (Å²) in [5, 5.41) is 0. The SMILES string of the molecule is CN(C)S(=O)(=O)N1CCC[C@H](C(=O)c2ccc(C(F)(F)F)cc2)C1. The van der Waals surface area contributed by atoms with E-state index in [1.807, 2.05) is 0 Å². The number of hydrogen-bond acceptors (Lipinski definition) is 3. The van der Waals surface area contributed by atoms with Gasteiger partial charge in [-0.2, -0.15) is 30.2 Å². The van der Waals surface area contributed by atoms with Gasteiger partial charge in [0.15, 0.2) is 5.78 Å². The fourth-order valence-corrected chi connectivity index (χ4v) is 3.85. The minimum atomic E-state index is -4.46. The zero-order valence-electron chi connectivity index (χ0n) is 13.4. The second-order valence-electron chi connectivity index (χ2n) is 5.93. The molecule has 0 spiro atoms. The van der Waals surface area contributed by atoms with E-state index >= 15 is 0 Å². The van der Waals surface area contributed by atoms with Crippen LogP contribution in [0.4, 0.5) is 13.2 Å². The Labute approximate surface area is 139 Å². The predicted molar refractivity (Wildman–Crippen MR) is 82.7 cm³/mol. The molecule has 24 heavy (non-hydrogen) atoms. The van der Waals surface area contributed by atoms with E-state index in [4.69, 9.17) is 0 Å². The summed E-state index contributed by atoms with van der Waals surface area (Å²) in [6.45, 7) is 0.373. The number of piperidine rings is 1. The summed E-state index contributed by atoms with van der Waals surface area (Å²) in [6, 6.07) is 4.02. The zero-order valence-corrected chi connectivity index (χ0v) is 14.2. The number of carbonyl (C=O) groups is 1. The highest BCUT2D eigenvalue weighted by Crippen LogP contribution is 2.30. The zero-order chi connectivity index (χ0) is 18.1. The Hall–Kier alpha value is -1.45. The van der Waals surface area contributed by atoms with Gasteiger partial charge in [-0.25, -0.2) is 0 Å². The highest BCUT2D eigenvalue weighted by atomic mass is 32.2. The van der Waals surface area contributed by atoms with Crippen LogP contribution in [0, 0.1) is 5.92 Å². The quantitative estimate of drug-likeness (QED) is 0.771. The van der Waals surface area contributed by atoms with E-state index in [-0.39, 0.29) is 17.9 Å². The Kier molecular flexibility index (Phi) is 5.36. The Bertz CT molecular complexity index is 700. The molecular weight excluding hydrogens is 345 g/mol. The lowest BCUT2D eigenvalue weighted by molar-refractivity contribution is -0.137. The maximum absolute atomic E-state index is 12.6. The first-order chi connectivity index (χ1) is 11.0. The molecule has 0 bridgehead atoms. The van der Waals surface area contributed by atoms with Crippen LogP contribution in [0.5, 0.6) is 0 Å². The summed E-state index contributed by atoms with van der Waals surface area (Å²) in [5.74, 6) is -0.882. The minimum absolute atomic E-state index is 0.0420. The van der Waals surface area contributed by atoms with Gasteiger partial charge in [-0.15, -0.1) is 0 Å². The van der Waals surface area contributed by atoms with E-state index in [1.54, 1.807) is 0 Å². The Morgan fingerprint density at radius 1 is 1.21 bits per heavy atom. The lowest BCUT2D eigenvalue weighted by Crippen LogP contribution is -2.46. The second kappa shape index (κ2) is 6.81. The summed E-state index contributed by atoms with van der Waals surface area (Å²) in [5.41, 5.74) is -0.656. The van der Waals surface area contributed by atoms with E-state index in [0.717, 1.165) is 28.6 Å². The Balaban J connectivity index is 2.15. The smallest absolute Gasteiger partial charge is 0.294 e. The molecule has 9 heteroatoms. The average molecular weight is 364 g/mol. The third kappa shape index (κ3) is 3.96. The summed E-state index contributed by atoms with van der Waals surface area (Å²) in [4.78, 5) is 12.5. The van der Waals surface area contributed by atoms with Crippen LogP contribution in [0.3, 0.4) is 0 Å². The third-order valence-electron chi connectivity index (χ3n) is 4.04. The molecule has 1 aliphatic heterocycles. The average Bonchev–Trinajstić information content (AvgIpc) is 2.53. The van der Waals surface area contributed by atoms with Crippen molar-refractivity contribution in [1.82, 2.24) is 8.61 Å². The van der Waals surface area contributed by atoms with Crippen LogP contribution in [-0.2, 0) is 16.4 Å². The molecule has 1 atom stereocenters. The highest BCUT2D eigenvalue weighted by molar-refractivity contribution is 7.86. The van der Waals surface area contributed by atoms with Gasteiger partial charge in [0.05, 0.1) is 5.56 Å². The Morgan fingerprint density at radius 2 is 1.79 bits per heavy atom. The minimum Gasteiger partial charge on any atom is -0.294 e. The fraction of sp³-hybridized carbons (Fsp3) is 0.533. The molecule has 1 aromatic carbocycles. The summed E-state index contributed by atoms with van der Waals surface area (Å²) in [6.07, 6.45) is -3.41. The van der Waals surface area contributed by atoms with Crippen molar-refractivity contribution in [2.45, 2.75) is 19.0 Å². The number of nitrogens with zero attached hydrogens (tertiary/aromatic N) is 2. The molecule has 134 valence electrons. The molecule has 5 nitrogen and oxygen atoms in total. The van der Waals surface area contributed by atoms with Crippen molar-refractivity contribution in [3.05, 3.63) is 35.4 Å². The maximum Gasteiger partial charge on any atom is 0.416 e. The van der Waals surface area contributed by atoms with Crippen LogP contribution >= 0.6 is 0 Å². The normalized spacial score (nSPS) is 20.3. The first-order valence-electron chi connectivity index (χ1n) is 7.42. The lowest BCUT2D eigenvalue weighted by Gasteiger charge is -2.32. The number of Topliss-reactive ketones (excluding diaryl/α,β-unsaturated/α-hetero) is 1. The highest BCUT2D eigenvalue weighted by Gasteiger charge is 2.34. The van der Waals surface area contributed by atoms with Gasteiger partial charge in [0.2, 0.25) is 0 Å². The van der Waals surface area contributed by atoms with Crippen molar-refractivity contribution in [2.24, 2.45) is 5.92 Å². The van der Waals surface area contributed by atoms with E-state index in [1.165, 1.54) is 18.4 Å². The molecule has 0 aliphatic carbocycles. The van der Waals surface area contributed by atoms with Gasteiger partial charge in [0.1, 0.15) is 0 Å². The van der Waals surface area contributed by atoms with E-state index in [0.29, 0.717) is 19.4 Å². The van der Waals surface area contributed by atoms with Gasteiger partial charge in [-0.05, 0) is 25.0 Å². The molecule has 1 saturated heterocycles. The van der Waals surface area contributed by atoms with E-state index in [9.17, 15) is 26.4 Å². The van der Waals surface area contributed by atoms with E-state index < -0.39 is 27.9 Å². The van der Waals surface area contributed by atoms with Gasteiger partial charge >= 0.3 is 6.18 Å². The van der Waals surface area contributed by atoms with Crippen LogP contribution in [0.1, 0.15) is 28.8 Å². The molecule has 0 radical (unpaired) electrons. The first kappa shape index (κ1) is 18.9. The molecule has 2 rings (SSSR count). The molecule has 0 aromatic heterocycles. The van der Waals surface area contributed by atoms with Gasteiger partial charge in [0, 0.05) is 38.7 Å². The number of benzene rings is 1. The number of ketones is 1. The summed E-state index contributed by atoms with van der Waals surface area (Å²) < 4.78 is 64.4. The number of alkyl halides is 3. The summed E-state index contributed by atoms with van der Waals surface area (Å²) >= 11 is 0. The van der Waals surface area contributed by atoms with Crippen LogP contribution in [-0.4, -0.2) is 50.0 Å². The van der Waals surface area contributed by atoms with Crippen molar-refractivity contribution in [3.8, 4) is 0 Å². The molecule has 0 N–H and O–H groups in total. The molecule has 0 saturated carbocycles. The van der Waals surface area contributed by atoms with Crippen molar-refractivity contribution in [2.75, 3.05) is 27.2 Å². The molecule has 0 unspecified atom stereocenters. The predicted octanol–water partition coefficient (Wildman–Crippen LogP) is 2.41. The topological polar surface area (TPSA) is 57.7 Å². The fourth-order valence-electron chi connectivity index (χ4n) is 2.66. The van der Waals surface area contributed by atoms with Crippen molar-refractivity contribution in [3.63, 3.8) is 0 Å². The number of hydrogen-bond donors (Lipinski definition) is 0. The monoisotopic (exact) mass is 364 g/mol. The molecule has 1 fully saturated rings. The van der Waals surface area contributed by atoms with Gasteiger partial charge in [-0.3, -0.25) is 4.79 Å². The van der Waals surface area contributed by atoms with Crippen molar-refractivity contribution < 1.29 is 26.4 Å². The van der Waals surface area contributed by atoms with Crippen LogP contribution in [0.2, 0.25) is 0 Å². The van der Waals surface area contributed by atoms with Gasteiger partial charge in [0.25, 0.3) is 10.2 Å². The Morgan fingerprint density at radius 3 is 2.29 bits per heavy atom. The van der Waals surface area contributed by atoms with Crippen molar-refractivity contribution in [1.29, 1.82) is 0 Å². The number of carbonyl (C=O) groups excluding carboxylic acids is 1. The van der Waals surface area contributed by atoms with Crippen LogP contribution in [0.25, 0.3) is 0 Å². The molecule has 1 aromatic rings. The maximum atomic E-state index is 12.6. The van der Waals surface area contributed by atoms with Gasteiger partial charge < -0.3 is 0 Å². The summed E-state index contributed by atoms with van der Waals surface area (Å²) in [7, 11) is -0.782. The van der Waals surface area contributed by atoms with E-state index in [2.05, 4.69) is 0 Å². The molecular formula is C15H19F3N2O3S. The van der Waals surface area contributed by atoms with Gasteiger partial charge in [-0.1, -0.05) is 12.1 Å². The second-order valence-corrected chi connectivity index (χ2v) is 8.07. The van der Waals surface area contributed by atoms with Crippen LogP contribution in [0.15, 0.2) is 24.3 Å². The van der Waals surface area contributed by atoms with Crippen LogP contribution < -0.4 is 0 Å². The lowest BCUT2D eigenvalue weighted by atomic mass is 9.90. The molecule has 0 amide bonds. The third-order valence-corrected chi connectivity index (χ3v) is 5.95. The number of halogens is 3. The molecule has 1 heterocycles. The largest absolute Gasteiger partial charge is 0.416 e. The molecule has 1 aliphatic rings. The standard InChI is InChI=1S/C15H19F3N2O3S/c1-19(2)24(22,23)20-9-3-4-12(10-20)14(21)11-5-7-13(8-6-11)15(16,17)18/h5-8,12H,3-4,9-10H2,1-2H3/t12-/m0/s1. The number of rotatable bonds is 4. The first-order valence-corrected chi connectivity index (χ1v) is 8.82. The van der Waals surface area contributed by atoms with Crippen molar-refractivity contribution >= 4 is 16.0 Å².